The second-order valence-electron chi connectivity index (χ2n) is 3.79. The molecule has 0 aliphatic rings. The molecule has 0 spiro atoms. The Bertz CT molecular complexity index is 639. The molecule has 0 heterocycles. The van der Waals surface area contributed by atoms with Gasteiger partial charge in [-0.1, -0.05) is 18.2 Å². The molecule has 2 rings (SSSR count). The van der Waals surface area contributed by atoms with Gasteiger partial charge in [0.15, 0.2) is 11.6 Å². The van der Waals surface area contributed by atoms with E-state index in [-0.39, 0.29) is 16.7 Å². The number of rotatable bonds is 2. The molecule has 0 saturated carbocycles. The molecule has 98 valence electrons. The smallest absolute Gasteiger partial charge is 0.340 e. The van der Waals surface area contributed by atoms with Crippen LogP contribution in [-0.4, -0.2) is 13.1 Å². The van der Waals surface area contributed by atoms with Crippen LogP contribution in [0.15, 0.2) is 36.4 Å². The summed E-state index contributed by atoms with van der Waals surface area (Å²) in [5, 5.41) is 0. The topological polar surface area (TPSA) is 26.3 Å². The van der Waals surface area contributed by atoms with E-state index in [9.17, 15) is 18.0 Å². The van der Waals surface area contributed by atoms with E-state index in [4.69, 9.17) is 0 Å². The molecule has 0 unspecified atom stereocenters. The maximum absolute atomic E-state index is 13.6. The number of hydrogen-bond acceptors (Lipinski definition) is 2. The molecular formula is C14H9F3O2. The van der Waals surface area contributed by atoms with Gasteiger partial charge in [0.1, 0.15) is 5.82 Å². The van der Waals surface area contributed by atoms with Crippen LogP contribution in [0.4, 0.5) is 13.2 Å². The third kappa shape index (κ3) is 2.45. The highest BCUT2D eigenvalue weighted by Gasteiger charge is 2.16. The molecule has 2 aromatic rings. The second kappa shape index (κ2) is 5.14. The van der Waals surface area contributed by atoms with Gasteiger partial charge in [-0.25, -0.2) is 18.0 Å². The van der Waals surface area contributed by atoms with Crippen LogP contribution in [0.5, 0.6) is 0 Å². The largest absolute Gasteiger partial charge is 0.465 e. The molecule has 0 bridgehead atoms. The summed E-state index contributed by atoms with van der Waals surface area (Å²) in [7, 11) is 1.11. The molecule has 0 saturated heterocycles. The zero-order chi connectivity index (χ0) is 14.0. The summed E-state index contributed by atoms with van der Waals surface area (Å²) < 4.78 is 44.6. The lowest BCUT2D eigenvalue weighted by Crippen LogP contribution is -2.04. The number of halogens is 3. The number of carbonyl (C=O) groups is 1. The monoisotopic (exact) mass is 266 g/mol. The average Bonchev–Trinajstić information content (AvgIpc) is 2.42. The summed E-state index contributed by atoms with van der Waals surface area (Å²) in [4.78, 5) is 11.3. The number of esters is 1. The maximum Gasteiger partial charge on any atom is 0.340 e. The molecule has 0 atom stereocenters. The van der Waals surface area contributed by atoms with E-state index >= 15 is 0 Å². The highest BCUT2D eigenvalue weighted by atomic mass is 19.2. The number of benzene rings is 2. The second-order valence-corrected chi connectivity index (χ2v) is 3.79. The van der Waals surface area contributed by atoms with Crippen molar-refractivity contribution in [3.8, 4) is 11.1 Å². The quantitative estimate of drug-likeness (QED) is 0.777. The van der Waals surface area contributed by atoms with Crippen LogP contribution in [0.3, 0.4) is 0 Å². The summed E-state index contributed by atoms with van der Waals surface area (Å²) in [5.74, 6) is -3.73. The van der Waals surface area contributed by atoms with Gasteiger partial charge in [0, 0.05) is 5.56 Å². The fourth-order valence-corrected chi connectivity index (χ4v) is 1.69. The lowest BCUT2D eigenvalue weighted by atomic mass is 10.0. The minimum atomic E-state index is -1.05. The highest BCUT2D eigenvalue weighted by Crippen LogP contribution is 2.26. The predicted octanol–water partition coefficient (Wildman–Crippen LogP) is 3.56. The number of carbonyl (C=O) groups excluding carboxylic acids is 1. The molecule has 0 aliphatic heterocycles. The molecule has 2 nitrogen and oxygen atoms in total. The summed E-state index contributed by atoms with van der Waals surface area (Å²) in [6, 6.07) is 7.04. The van der Waals surface area contributed by atoms with E-state index in [0.29, 0.717) is 0 Å². The molecule has 0 fully saturated rings. The lowest BCUT2D eigenvalue weighted by molar-refractivity contribution is 0.0595. The maximum atomic E-state index is 13.6. The SMILES string of the molecule is COC(=O)c1cc(-c2cccc(F)c2F)ccc1F. The van der Waals surface area contributed by atoms with Crippen LogP contribution < -0.4 is 0 Å². The van der Waals surface area contributed by atoms with Crippen molar-refractivity contribution < 1.29 is 22.7 Å². The van der Waals surface area contributed by atoms with Crippen molar-refractivity contribution in [2.75, 3.05) is 7.11 Å². The highest BCUT2D eigenvalue weighted by molar-refractivity contribution is 5.91. The molecule has 0 amide bonds. The van der Waals surface area contributed by atoms with Gasteiger partial charge in [-0.3, -0.25) is 0 Å². The number of ether oxygens (including phenoxy) is 1. The van der Waals surface area contributed by atoms with Gasteiger partial charge in [0.2, 0.25) is 0 Å². The summed E-state index contributed by atoms with van der Waals surface area (Å²) in [6.45, 7) is 0. The molecule has 0 N–H and O–H groups in total. The van der Waals surface area contributed by atoms with E-state index in [0.717, 1.165) is 25.3 Å². The van der Waals surface area contributed by atoms with Crippen molar-refractivity contribution in [1.29, 1.82) is 0 Å². The normalized spacial score (nSPS) is 10.3. The van der Waals surface area contributed by atoms with Crippen LogP contribution in [0.2, 0.25) is 0 Å². The van der Waals surface area contributed by atoms with E-state index in [1.165, 1.54) is 18.2 Å². The average molecular weight is 266 g/mol. The Morgan fingerprint density at radius 1 is 1.05 bits per heavy atom. The van der Waals surface area contributed by atoms with Gasteiger partial charge in [0.05, 0.1) is 12.7 Å². The predicted molar refractivity (Wildman–Crippen MR) is 63.1 cm³/mol. The molecule has 5 heteroatoms. The number of methoxy groups -OCH3 is 1. The Morgan fingerprint density at radius 3 is 2.47 bits per heavy atom. The van der Waals surface area contributed by atoms with Crippen molar-refractivity contribution in [2.45, 2.75) is 0 Å². The first-order valence-corrected chi connectivity index (χ1v) is 5.37. The van der Waals surface area contributed by atoms with Gasteiger partial charge in [0.25, 0.3) is 0 Å². The Morgan fingerprint density at radius 2 is 1.79 bits per heavy atom. The molecule has 0 aromatic heterocycles. The molecule has 19 heavy (non-hydrogen) atoms. The Kier molecular flexibility index (Phi) is 3.55. The van der Waals surface area contributed by atoms with Gasteiger partial charge < -0.3 is 4.74 Å². The Hall–Kier alpha value is -2.30. The summed E-state index contributed by atoms with van der Waals surface area (Å²) in [5.41, 5.74) is -0.187. The van der Waals surface area contributed by atoms with Gasteiger partial charge in [-0.2, -0.15) is 0 Å². The third-order valence-electron chi connectivity index (χ3n) is 2.63. The standard InChI is InChI=1S/C14H9F3O2/c1-19-14(18)10-7-8(5-6-11(10)15)9-3-2-4-12(16)13(9)17/h2-7H,1H3. The first-order chi connectivity index (χ1) is 9.04. The van der Waals surface area contributed by atoms with E-state index in [2.05, 4.69) is 4.74 Å². The van der Waals surface area contributed by atoms with Crippen LogP contribution >= 0.6 is 0 Å². The van der Waals surface area contributed by atoms with Gasteiger partial charge in [-0.05, 0) is 23.8 Å². The van der Waals surface area contributed by atoms with Crippen LogP contribution in [0, 0.1) is 17.5 Å². The molecule has 0 radical (unpaired) electrons. The number of hydrogen-bond donors (Lipinski definition) is 0. The van der Waals surface area contributed by atoms with Gasteiger partial charge >= 0.3 is 5.97 Å². The fourth-order valence-electron chi connectivity index (χ4n) is 1.69. The van der Waals surface area contributed by atoms with Crippen LogP contribution in [0.25, 0.3) is 11.1 Å². The molecular weight excluding hydrogens is 257 g/mol. The first kappa shape index (κ1) is 13.1. The van der Waals surface area contributed by atoms with E-state index < -0.39 is 23.4 Å². The molecule has 0 aliphatic carbocycles. The zero-order valence-corrected chi connectivity index (χ0v) is 9.91. The van der Waals surface area contributed by atoms with Crippen molar-refractivity contribution in [1.82, 2.24) is 0 Å². The lowest BCUT2D eigenvalue weighted by Gasteiger charge is -2.07. The van der Waals surface area contributed by atoms with Crippen molar-refractivity contribution in [3.63, 3.8) is 0 Å². The molecule has 2 aromatic carbocycles. The minimum Gasteiger partial charge on any atom is -0.465 e. The van der Waals surface area contributed by atoms with Gasteiger partial charge in [-0.15, -0.1) is 0 Å². The summed E-state index contributed by atoms with van der Waals surface area (Å²) >= 11 is 0. The third-order valence-corrected chi connectivity index (χ3v) is 2.63. The Balaban J connectivity index is 2.58. The summed E-state index contributed by atoms with van der Waals surface area (Å²) in [6.07, 6.45) is 0. The van der Waals surface area contributed by atoms with Crippen molar-refractivity contribution in [2.24, 2.45) is 0 Å². The first-order valence-electron chi connectivity index (χ1n) is 5.37. The van der Waals surface area contributed by atoms with E-state index in [1.54, 1.807) is 0 Å². The van der Waals surface area contributed by atoms with Crippen LogP contribution in [-0.2, 0) is 4.74 Å². The fraction of sp³-hybridized carbons (Fsp3) is 0.0714. The van der Waals surface area contributed by atoms with Crippen molar-refractivity contribution in [3.05, 3.63) is 59.4 Å². The van der Waals surface area contributed by atoms with Crippen molar-refractivity contribution >= 4 is 5.97 Å². The zero-order valence-electron chi connectivity index (χ0n) is 9.91. The van der Waals surface area contributed by atoms with E-state index in [1.807, 2.05) is 0 Å². The van der Waals surface area contributed by atoms with Crippen LogP contribution in [0.1, 0.15) is 10.4 Å². The minimum absolute atomic E-state index is 0.0508. The Labute approximate surface area is 107 Å².